The van der Waals surface area contributed by atoms with Gasteiger partial charge in [0.2, 0.25) is 0 Å². The van der Waals surface area contributed by atoms with Crippen LogP contribution in [0.3, 0.4) is 0 Å². The summed E-state index contributed by atoms with van der Waals surface area (Å²) in [4.78, 5) is 12.3. The largest absolute Gasteiger partial charge is 0.508 e. The molecule has 0 aromatic heterocycles. The predicted molar refractivity (Wildman–Crippen MR) is 175 cm³/mol. The lowest BCUT2D eigenvalue weighted by Gasteiger charge is -2.23. The lowest BCUT2D eigenvalue weighted by molar-refractivity contribution is -0.160. The maximum atomic E-state index is 12.3. The van der Waals surface area contributed by atoms with Crippen LogP contribution in [-0.2, 0) is 22.4 Å². The van der Waals surface area contributed by atoms with Crippen LogP contribution in [0, 0.1) is 11.3 Å². The van der Waals surface area contributed by atoms with Gasteiger partial charge in [0.15, 0.2) is 0 Å². The highest BCUT2D eigenvalue weighted by atomic mass is 16.5. The highest BCUT2D eigenvalue weighted by Gasteiger charge is 2.33. The highest BCUT2D eigenvalue weighted by molar-refractivity contribution is 5.91. The van der Waals surface area contributed by atoms with Crippen molar-refractivity contribution < 1.29 is 14.6 Å². The number of ether oxygens (including phenoxy) is 1. The Hall–Kier alpha value is -3.59. The lowest BCUT2D eigenvalue weighted by atomic mass is 9.90. The van der Waals surface area contributed by atoms with Crippen molar-refractivity contribution in [1.82, 2.24) is 0 Å². The van der Waals surface area contributed by atoms with E-state index in [1.54, 1.807) is 23.3 Å². The Balaban J connectivity index is 0.000000157. The van der Waals surface area contributed by atoms with Crippen LogP contribution in [-0.4, -0.2) is 11.1 Å². The average molecular weight is 565 g/mol. The minimum atomic E-state index is -0.414. The van der Waals surface area contributed by atoms with E-state index in [1.807, 2.05) is 39.0 Å². The van der Waals surface area contributed by atoms with Crippen molar-refractivity contribution >= 4 is 16.7 Å². The van der Waals surface area contributed by atoms with E-state index in [9.17, 15) is 4.79 Å². The fourth-order valence-corrected chi connectivity index (χ4v) is 5.77. The number of phenolic OH excluding ortho intramolecular Hbond substituents is 1. The van der Waals surface area contributed by atoms with Gasteiger partial charge in [0.25, 0.3) is 0 Å². The number of hydrogen-bond acceptors (Lipinski definition) is 3. The maximum absolute atomic E-state index is 12.3. The lowest BCUT2D eigenvalue weighted by Crippen LogP contribution is -2.27. The molecule has 0 saturated carbocycles. The summed E-state index contributed by atoms with van der Waals surface area (Å²) in [6, 6.07) is 28.8. The molecule has 3 heteroatoms. The fraction of sp³-hybridized carbons (Fsp3) is 0.410. The van der Waals surface area contributed by atoms with Gasteiger partial charge in [0.05, 0.1) is 5.41 Å². The van der Waals surface area contributed by atoms with Gasteiger partial charge in [-0.25, -0.2) is 0 Å². The zero-order valence-corrected chi connectivity index (χ0v) is 26.5. The summed E-state index contributed by atoms with van der Waals surface area (Å²) in [5.74, 6) is 2.45. The molecule has 6 rings (SSSR count). The topological polar surface area (TPSA) is 46.5 Å². The highest BCUT2D eigenvalue weighted by Crippen LogP contribution is 2.40. The van der Waals surface area contributed by atoms with E-state index < -0.39 is 5.41 Å². The summed E-state index contributed by atoms with van der Waals surface area (Å²) >= 11 is 0. The number of rotatable bonds is 5. The summed E-state index contributed by atoms with van der Waals surface area (Å²) in [5, 5.41) is 11.5. The van der Waals surface area contributed by atoms with E-state index in [2.05, 4.69) is 82.3 Å². The van der Waals surface area contributed by atoms with Gasteiger partial charge in [-0.3, -0.25) is 4.79 Å². The van der Waals surface area contributed by atoms with Crippen molar-refractivity contribution in [2.75, 3.05) is 0 Å². The zero-order chi connectivity index (χ0) is 30.4. The van der Waals surface area contributed by atoms with Gasteiger partial charge in [0, 0.05) is 12.0 Å². The van der Waals surface area contributed by atoms with E-state index in [0.29, 0.717) is 11.7 Å². The summed E-state index contributed by atoms with van der Waals surface area (Å²) in [5.41, 5.74) is 6.45. The monoisotopic (exact) mass is 564 g/mol. The summed E-state index contributed by atoms with van der Waals surface area (Å²) in [6.45, 7) is 14.9. The summed E-state index contributed by atoms with van der Waals surface area (Å²) < 4.78 is 5.80. The molecule has 0 heterocycles. The van der Waals surface area contributed by atoms with E-state index in [0.717, 1.165) is 36.7 Å². The van der Waals surface area contributed by atoms with Gasteiger partial charge in [-0.2, -0.15) is 0 Å². The van der Waals surface area contributed by atoms with Crippen molar-refractivity contribution in [3.05, 3.63) is 113 Å². The van der Waals surface area contributed by atoms with Crippen LogP contribution in [0.15, 0.2) is 84.9 Å². The first kappa shape index (κ1) is 31.3. The third-order valence-electron chi connectivity index (χ3n) is 9.48. The SMILES string of the molecule is CC1Cc2ccccc2C1C.CCC(C)(C)C(=O)OC1Cc2cccc3cccc1c23.CCC(C)c1ccc(O)cc1. The first-order valence-corrected chi connectivity index (χ1v) is 15.6. The van der Waals surface area contributed by atoms with Crippen LogP contribution >= 0.6 is 0 Å². The van der Waals surface area contributed by atoms with E-state index in [1.165, 1.54) is 28.3 Å². The molecule has 0 bridgehead atoms. The molecule has 0 spiro atoms. The van der Waals surface area contributed by atoms with Crippen LogP contribution in [0.1, 0.15) is 107 Å². The molecule has 0 fully saturated rings. The molecule has 0 saturated heterocycles. The number of aromatic hydroxyl groups is 1. The van der Waals surface area contributed by atoms with Crippen LogP contribution in [0.5, 0.6) is 5.75 Å². The Labute approximate surface area is 253 Å². The first-order valence-electron chi connectivity index (χ1n) is 15.6. The fourth-order valence-electron chi connectivity index (χ4n) is 5.77. The number of carbonyl (C=O) groups is 1. The molecule has 2 aliphatic carbocycles. The smallest absolute Gasteiger partial charge is 0.312 e. The molecule has 3 nitrogen and oxygen atoms in total. The molecule has 4 aromatic rings. The van der Waals surface area contributed by atoms with Gasteiger partial charge in [0.1, 0.15) is 11.9 Å². The van der Waals surface area contributed by atoms with Gasteiger partial charge in [-0.1, -0.05) is 107 Å². The number of fused-ring (bicyclic) bond motifs is 1. The first-order chi connectivity index (χ1) is 20.1. The third-order valence-corrected chi connectivity index (χ3v) is 9.48. The normalized spacial score (nSPS) is 19.2. The number of hydrogen-bond donors (Lipinski definition) is 1. The summed E-state index contributed by atoms with van der Waals surface area (Å²) in [7, 11) is 0. The second kappa shape index (κ2) is 13.6. The molecule has 0 radical (unpaired) electrons. The third kappa shape index (κ3) is 7.06. The molecule has 4 aromatic carbocycles. The van der Waals surface area contributed by atoms with Crippen molar-refractivity contribution in [3.8, 4) is 5.75 Å². The Morgan fingerprint density at radius 1 is 0.857 bits per heavy atom. The molecule has 0 amide bonds. The quantitative estimate of drug-likeness (QED) is 0.245. The minimum Gasteiger partial charge on any atom is -0.508 e. The van der Waals surface area contributed by atoms with Crippen molar-refractivity contribution in [2.45, 2.75) is 92.1 Å². The molecule has 222 valence electrons. The molecular weight excluding hydrogens is 516 g/mol. The standard InChI is InChI=1S/C18H20O2.C11H14.C10H14O/c1-4-18(2,3)17(19)20-15-11-13-9-5-7-12-8-6-10-14(15)16(12)13;1-8-7-10-5-3-4-6-11(10)9(8)2;1-3-8(2)9-4-6-10(11)7-5-9/h5-10,15H,4,11H2,1-3H3;3-6,8-9H,7H2,1-2H3;4-8,11H,3H2,1-2H3. The number of phenols is 1. The van der Waals surface area contributed by atoms with E-state index in [-0.39, 0.29) is 12.1 Å². The van der Waals surface area contributed by atoms with Crippen molar-refractivity contribution in [2.24, 2.45) is 11.3 Å². The van der Waals surface area contributed by atoms with Gasteiger partial charge in [-0.05, 0) is 96.0 Å². The van der Waals surface area contributed by atoms with Gasteiger partial charge in [-0.15, -0.1) is 0 Å². The molecule has 0 aliphatic heterocycles. The van der Waals surface area contributed by atoms with Crippen LogP contribution in [0.4, 0.5) is 0 Å². The molecule has 4 atom stereocenters. The molecular formula is C39H48O3. The number of esters is 1. The number of carbonyl (C=O) groups excluding carboxylic acids is 1. The molecule has 4 unspecified atom stereocenters. The predicted octanol–water partition coefficient (Wildman–Crippen LogP) is 10.3. The second-order valence-electron chi connectivity index (χ2n) is 12.8. The molecule has 2 aliphatic rings. The molecule has 42 heavy (non-hydrogen) atoms. The van der Waals surface area contributed by atoms with Crippen molar-refractivity contribution in [1.29, 1.82) is 0 Å². The second-order valence-corrected chi connectivity index (χ2v) is 12.8. The van der Waals surface area contributed by atoms with Crippen LogP contribution in [0.25, 0.3) is 10.8 Å². The van der Waals surface area contributed by atoms with Crippen LogP contribution in [0.2, 0.25) is 0 Å². The Bertz CT molecular complexity index is 1480. The Morgan fingerprint density at radius 3 is 2.12 bits per heavy atom. The van der Waals surface area contributed by atoms with E-state index >= 15 is 0 Å². The maximum Gasteiger partial charge on any atom is 0.312 e. The van der Waals surface area contributed by atoms with Gasteiger partial charge < -0.3 is 9.84 Å². The van der Waals surface area contributed by atoms with Crippen LogP contribution < -0.4 is 0 Å². The number of benzene rings is 4. The molecule has 1 N–H and O–H groups in total. The average Bonchev–Trinajstić information content (AvgIpc) is 3.50. The Morgan fingerprint density at radius 2 is 1.48 bits per heavy atom. The summed E-state index contributed by atoms with van der Waals surface area (Å²) in [6.07, 6.45) is 3.87. The van der Waals surface area contributed by atoms with Crippen molar-refractivity contribution in [3.63, 3.8) is 0 Å². The Kier molecular flexibility index (Phi) is 10.1. The van der Waals surface area contributed by atoms with Gasteiger partial charge >= 0.3 is 5.97 Å². The van der Waals surface area contributed by atoms with E-state index in [4.69, 9.17) is 9.84 Å². The zero-order valence-electron chi connectivity index (χ0n) is 26.5. The minimum absolute atomic E-state index is 0.102.